The molecule has 1 aromatic heterocycles. The molecule has 2 heterocycles. The normalized spacial score (nSPS) is 13.9. The Morgan fingerprint density at radius 2 is 2.03 bits per heavy atom. The molecule has 8 heteroatoms. The van der Waals surface area contributed by atoms with E-state index in [2.05, 4.69) is 14.7 Å². The molecule has 0 radical (unpaired) electrons. The van der Waals surface area contributed by atoms with Gasteiger partial charge in [-0.3, -0.25) is 9.78 Å². The van der Waals surface area contributed by atoms with Gasteiger partial charge in [0, 0.05) is 30.7 Å². The average Bonchev–Trinajstić information content (AvgIpc) is 3.12. The number of aromatic nitrogens is 1. The number of hydrogen-bond donors (Lipinski definition) is 1. The Labute approximate surface area is 167 Å². The summed E-state index contributed by atoms with van der Waals surface area (Å²) < 4.78 is 34.8. The number of aliphatic hydroxyl groups is 1. The number of rotatable bonds is 10. The molecule has 0 saturated heterocycles. The molecular weight excluding hydrogens is 382 g/mol. The monoisotopic (exact) mass is 404 g/mol. The molecule has 0 bridgehead atoms. The zero-order valence-electron chi connectivity index (χ0n) is 15.8. The quantitative estimate of drug-likeness (QED) is 0.659. The predicted octanol–water partition coefficient (Wildman–Crippen LogP) is 2.88. The summed E-state index contributed by atoms with van der Waals surface area (Å²) in [6, 6.07) is 10.8. The molecule has 1 atom stereocenters. The summed E-state index contributed by atoms with van der Waals surface area (Å²) in [7, 11) is 0. The average molecular weight is 404 g/mol. The Hall–Kier alpha value is -2.71. The summed E-state index contributed by atoms with van der Waals surface area (Å²) >= 11 is 0. The molecule has 3 rings (SSSR count). The van der Waals surface area contributed by atoms with E-state index in [1.54, 1.807) is 36.5 Å². The van der Waals surface area contributed by atoms with E-state index in [9.17, 15) is 13.6 Å². The van der Waals surface area contributed by atoms with Crippen molar-refractivity contribution in [3.05, 3.63) is 65.0 Å². The van der Waals surface area contributed by atoms with Gasteiger partial charge in [0.05, 0.1) is 25.3 Å². The number of hydrogen-bond acceptors (Lipinski definition) is 6. The first-order valence-corrected chi connectivity index (χ1v) is 9.29. The second-order valence-electron chi connectivity index (χ2n) is 6.65. The van der Waals surface area contributed by atoms with Gasteiger partial charge in [-0.05, 0) is 17.2 Å². The van der Waals surface area contributed by atoms with Crippen LogP contribution in [0.5, 0.6) is 0 Å². The molecule has 0 spiro atoms. The van der Waals surface area contributed by atoms with Gasteiger partial charge >= 0.3 is 6.61 Å². The van der Waals surface area contributed by atoms with Gasteiger partial charge < -0.3 is 14.6 Å². The number of halogens is 2. The van der Waals surface area contributed by atoms with Gasteiger partial charge in [-0.15, -0.1) is 0 Å². The van der Waals surface area contributed by atoms with Crippen LogP contribution in [0.1, 0.15) is 34.7 Å². The van der Waals surface area contributed by atoms with Crippen LogP contribution in [0.2, 0.25) is 0 Å². The van der Waals surface area contributed by atoms with Crippen LogP contribution in [-0.4, -0.2) is 48.2 Å². The Kier molecular flexibility index (Phi) is 7.37. The maximum Gasteiger partial charge on any atom is 0.345 e. The first-order chi connectivity index (χ1) is 14.1. The zero-order valence-corrected chi connectivity index (χ0v) is 15.8. The van der Waals surface area contributed by atoms with E-state index in [0.717, 1.165) is 16.7 Å². The van der Waals surface area contributed by atoms with Crippen molar-refractivity contribution >= 4 is 11.7 Å². The highest BCUT2D eigenvalue weighted by Crippen LogP contribution is 2.23. The maximum atomic E-state index is 12.6. The fourth-order valence-electron chi connectivity index (χ4n) is 3.21. The predicted molar refractivity (Wildman–Crippen MR) is 102 cm³/mol. The smallest absolute Gasteiger partial charge is 0.345 e. The lowest BCUT2D eigenvalue weighted by molar-refractivity contribution is -0.136. The van der Waals surface area contributed by atoms with Crippen molar-refractivity contribution in [2.24, 2.45) is 4.99 Å². The lowest BCUT2D eigenvalue weighted by atomic mass is 9.93. The van der Waals surface area contributed by atoms with Crippen LogP contribution in [-0.2, 0) is 27.2 Å². The number of Topliss-reactive ketones (excluding diaryl/α,β-unsaturated/α-hetero) is 1. The highest BCUT2D eigenvalue weighted by atomic mass is 19.3. The Morgan fingerprint density at radius 3 is 2.76 bits per heavy atom. The highest BCUT2D eigenvalue weighted by molar-refractivity contribution is 5.97. The lowest BCUT2D eigenvalue weighted by Crippen LogP contribution is -2.17. The molecule has 1 aliphatic heterocycles. The number of ketones is 1. The zero-order chi connectivity index (χ0) is 20.6. The van der Waals surface area contributed by atoms with E-state index in [4.69, 9.17) is 9.84 Å². The Balaban J connectivity index is 1.63. The molecule has 0 fully saturated rings. The van der Waals surface area contributed by atoms with Crippen LogP contribution in [0.3, 0.4) is 0 Å². The van der Waals surface area contributed by atoms with Gasteiger partial charge in [0.15, 0.2) is 0 Å². The van der Waals surface area contributed by atoms with Gasteiger partial charge in [-0.1, -0.05) is 30.3 Å². The molecule has 0 unspecified atom stereocenters. The largest absolute Gasteiger partial charge is 0.475 e. The van der Waals surface area contributed by atoms with Crippen molar-refractivity contribution in [2.45, 2.75) is 31.9 Å². The number of ether oxygens (including phenoxy) is 2. The minimum atomic E-state index is -2.88. The van der Waals surface area contributed by atoms with Crippen LogP contribution in [0.25, 0.3) is 0 Å². The molecule has 0 aliphatic carbocycles. The van der Waals surface area contributed by atoms with E-state index in [1.807, 2.05) is 6.07 Å². The number of carbonyl (C=O) groups is 1. The second-order valence-corrected chi connectivity index (χ2v) is 6.65. The number of fused-ring (bicyclic) bond motifs is 1. The first kappa shape index (κ1) is 21.0. The standard InChI is InChI=1S/C21H22F2N2O4/c22-21(23)29-13-16(14-4-2-1-3-5-14)9-18(27)10-17-8-15-11-25-20(28-7-6-26)19(15)12-24-17/h1-5,8,12,16,21,26H,6-7,9-11,13H2/t16-/m1/s1. The number of aliphatic imine (C=N–C) groups is 1. The van der Waals surface area contributed by atoms with Crippen molar-refractivity contribution in [2.75, 3.05) is 19.8 Å². The summed E-state index contributed by atoms with van der Waals surface area (Å²) in [5, 5.41) is 8.86. The molecule has 0 amide bonds. The van der Waals surface area contributed by atoms with E-state index >= 15 is 0 Å². The van der Waals surface area contributed by atoms with Crippen molar-refractivity contribution in [1.82, 2.24) is 4.98 Å². The van der Waals surface area contributed by atoms with Crippen LogP contribution >= 0.6 is 0 Å². The summed E-state index contributed by atoms with van der Waals surface area (Å²) in [6.07, 6.45) is 1.78. The Bertz CT molecular complexity index is 859. The molecule has 2 aromatic rings. The van der Waals surface area contributed by atoms with E-state index in [-0.39, 0.29) is 38.4 Å². The summed E-state index contributed by atoms with van der Waals surface area (Å²) in [6.45, 7) is -2.64. The van der Waals surface area contributed by atoms with Gasteiger partial charge in [0.2, 0.25) is 5.90 Å². The fourth-order valence-corrected chi connectivity index (χ4v) is 3.21. The van der Waals surface area contributed by atoms with Gasteiger partial charge in [-0.25, -0.2) is 4.99 Å². The highest BCUT2D eigenvalue weighted by Gasteiger charge is 2.21. The second kappa shape index (κ2) is 10.2. The van der Waals surface area contributed by atoms with Crippen molar-refractivity contribution in [1.29, 1.82) is 0 Å². The third-order valence-corrected chi connectivity index (χ3v) is 4.55. The molecular formula is C21H22F2N2O4. The van der Waals surface area contributed by atoms with Crippen LogP contribution < -0.4 is 0 Å². The minimum Gasteiger partial charge on any atom is -0.475 e. The minimum absolute atomic E-state index is 0.0802. The molecule has 1 N–H and O–H groups in total. The van der Waals surface area contributed by atoms with E-state index in [1.165, 1.54) is 0 Å². The topological polar surface area (TPSA) is 81.0 Å². The molecule has 29 heavy (non-hydrogen) atoms. The SMILES string of the molecule is O=C(Cc1cc2c(cn1)C(OCCO)=NC2)C[C@H](COC(F)F)c1ccccc1. The number of pyridine rings is 1. The van der Waals surface area contributed by atoms with Gasteiger partial charge in [0.25, 0.3) is 0 Å². The fraction of sp³-hybridized carbons (Fsp3) is 0.381. The number of nitrogens with zero attached hydrogens (tertiary/aromatic N) is 2. The van der Waals surface area contributed by atoms with Gasteiger partial charge in [0.1, 0.15) is 12.4 Å². The van der Waals surface area contributed by atoms with E-state index < -0.39 is 12.5 Å². The van der Waals surface area contributed by atoms with E-state index in [0.29, 0.717) is 18.1 Å². The van der Waals surface area contributed by atoms with Crippen molar-refractivity contribution < 1.29 is 28.2 Å². The molecule has 0 saturated carbocycles. The van der Waals surface area contributed by atoms with Crippen LogP contribution in [0.4, 0.5) is 8.78 Å². The molecule has 154 valence electrons. The van der Waals surface area contributed by atoms with Crippen molar-refractivity contribution in [3.63, 3.8) is 0 Å². The third-order valence-electron chi connectivity index (χ3n) is 4.55. The Morgan fingerprint density at radius 1 is 1.24 bits per heavy atom. The molecule has 1 aromatic carbocycles. The molecule has 6 nitrogen and oxygen atoms in total. The summed E-state index contributed by atoms with van der Waals surface area (Å²) in [4.78, 5) is 21.2. The maximum absolute atomic E-state index is 12.6. The van der Waals surface area contributed by atoms with Gasteiger partial charge in [-0.2, -0.15) is 8.78 Å². The third kappa shape index (κ3) is 5.88. The number of aliphatic hydroxyl groups excluding tert-OH is 1. The summed E-state index contributed by atoms with van der Waals surface area (Å²) in [5.41, 5.74) is 3.02. The first-order valence-electron chi connectivity index (χ1n) is 9.29. The van der Waals surface area contributed by atoms with Crippen LogP contribution in [0.15, 0.2) is 47.6 Å². The summed E-state index contributed by atoms with van der Waals surface area (Å²) in [5.74, 6) is -0.124. The lowest BCUT2D eigenvalue weighted by Gasteiger charge is -2.17. The number of alkyl halides is 2. The van der Waals surface area contributed by atoms with Crippen LogP contribution in [0, 0.1) is 0 Å². The van der Waals surface area contributed by atoms with Crippen molar-refractivity contribution in [3.8, 4) is 0 Å². The molecule has 1 aliphatic rings. The number of benzene rings is 1. The number of carbonyl (C=O) groups excluding carboxylic acids is 1.